The third-order valence-corrected chi connectivity index (χ3v) is 6.99. The van der Waals surface area contributed by atoms with Crippen LogP contribution in [0.15, 0.2) is 36.4 Å². The van der Waals surface area contributed by atoms with E-state index in [0.29, 0.717) is 23.7 Å². The Labute approximate surface area is 207 Å². The molecule has 4 rings (SSSR count). The Morgan fingerprint density at radius 1 is 0.943 bits per heavy atom. The standard InChI is InChI=1S/C27H36N4O4/c1-30-13-7-8-19-16-20(9-11-23(19)30)24(31-14-5-4-6-15-31)18-28-26(32)27(33)29-22-17-21(34-2)10-12-25(22)35-3/h9-12,16-17,24H,4-8,13-15,18H2,1-3H3,(H,28,32)(H,29,33). The van der Waals surface area contributed by atoms with Crippen LogP contribution in [0.5, 0.6) is 11.5 Å². The molecule has 2 aromatic rings. The average molecular weight is 481 g/mol. The number of nitrogens with zero attached hydrogens (tertiary/aromatic N) is 2. The molecule has 0 bridgehead atoms. The average Bonchev–Trinajstić information content (AvgIpc) is 2.89. The van der Waals surface area contributed by atoms with Crippen molar-refractivity contribution in [3.63, 3.8) is 0 Å². The topological polar surface area (TPSA) is 83.1 Å². The van der Waals surface area contributed by atoms with Gasteiger partial charge < -0.3 is 25.0 Å². The van der Waals surface area contributed by atoms with Crippen LogP contribution in [0.2, 0.25) is 0 Å². The van der Waals surface area contributed by atoms with E-state index in [9.17, 15) is 9.59 Å². The quantitative estimate of drug-likeness (QED) is 0.592. The maximum atomic E-state index is 12.8. The molecule has 2 N–H and O–H groups in total. The number of anilines is 2. The molecular weight excluding hydrogens is 444 g/mol. The van der Waals surface area contributed by atoms with Gasteiger partial charge in [0, 0.05) is 31.9 Å². The number of rotatable bonds is 7. The van der Waals surface area contributed by atoms with Crippen LogP contribution < -0.4 is 25.0 Å². The Morgan fingerprint density at radius 3 is 2.49 bits per heavy atom. The van der Waals surface area contributed by atoms with Gasteiger partial charge in [-0.15, -0.1) is 0 Å². The molecule has 188 valence electrons. The van der Waals surface area contributed by atoms with E-state index in [2.05, 4.69) is 45.7 Å². The molecule has 8 heteroatoms. The highest BCUT2D eigenvalue weighted by Crippen LogP contribution is 2.32. The number of piperidine rings is 1. The van der Waals surface area contributed by atoms with E-state index in [1.165, 1.54) is 30.3 Å². The Balaban J connectivity index is 1.47. The van der Waals surface area contributed by atoms with Crippen LogP contribution >= 0.6 is 0 Å². The van der Waals surface area contributed by atoms with Gasteiger partial charge >= 0.3 is 11.8 Å². The lowest BCUT2D eigenvalue weighted by Gasteiger charge is -2.36. The highest BCUT2D eigenvalue weighted by atomic mass is 16.5. The van der Waals surface area contributed by atoms with Gasteiger partial charge in [0.1, 0.15) is 11.5 Å². The molecule has 35 heavy (non-hydrogen) atoms. The molecule has 0 spiro atoms. The number of aryl methyl sites for hydroxylation is 1. The van der Waals surface area contributed by atoms with Crippen LogP contribution in [-0.2, 0) is 16.0 Å². The van der Waals surface area contributed by atoms with Gasteiger partial charge in [-0.05, 0) is 68.1 Å². The van der Waals surface area contributed by atoms with Crippen LogP contribution in [0.25, 0.3) is 0 Å². The van der Waals surface area contributed by atoms with E-state index in [0.717, 1.165) is 45.3 Å². The van der Waals surface area contributed by atoms with Gasteiger partial charge in [-0.25, -0.2) is 0 Å². The first-order chi connectivity index (χ1) is 17.0. The molecule has 2 aromatic carbocycles. The molecule has 0 radical (unpaired) electrons. The van der Waals surface area contributed by atoms with Crippen molar-refractivity contribution in [3.8, 4) is 11.5 Å². The number of benzene rings is 2. The van der Waals surface area contributed by atoms with Crippen molar-refractivity contribution in [1.29, 1.82) is 0 Å². The van der Waals surface area contributed by atoms with Crippen molar-refractivity contribution in [1.82, 2.24) is 10.2 Å². The minimum absolute atomic E-state index is 0.0240. The summed E-state index contributed by atoms with van der Waals surface area (Å²) in [7, 11) is 5.19. The Hall–Kier alpha value is -3.26. The molecule has 2 aliphatic rings. The number of likely N-dealkylation sites (tertiary alicyclic amines) is 1. The molecule has 2 aliphatic heterocycles. The Bertz CT molecular complexity index is 1050. The number of hydrogen-bond acceptors (Lipinski definition) is 6. The lowest BCUT2D eigenvalue weighted by Crippen LogP contribution is -2.43. The second-order valence-electron chi connectivity index (χ2n) is 9.26. The van der Waals surface area contributed by atoms with E-state index < -0.39 is 11.8 Å². The summed E-state index contributed by atoms with van der Waals surface area (Å²) in [5, 5.41) is 5.53. The summed E-state index contributed by atoms with van der Waals surface area (Å²) in [5.74, 6) is -0.391. The molecule has 0 aliphatic carbocycles. The number of ether oxygens (including phenoxy) is 2. The lowest BCUT2D eigenvalue weighted by molar-refractivity contribution is -0.136. The first-order valence-corrected chi connectivity index (χ1v) is 12.4. The highest BCUT2D eigenvalue weighted by Gasteiger charge is 2.26. The minimum atomic E-state index is -0.735. The van der Waals surface area contributed by atoms with Gasteiger partial charge in [0.05, 0.1) is 25.9 Å². The first kappa shape index (κ1) is 24.9. The summed E-state index contributed by atoms with van der Waals surface area (Å²) in [6.07, 6.45) is 5.74. The van der Waals surface area contributed by atoms with Gasteiger partial charge in [0.2, 0.25) is 0 Å². The predicted octanol–water partition coefficient (Wildman–Crippen LogP) is 3.37. The van der Waals surface area contributed by atoms with Gasteiger partial charge in [-0.3, -0.25) is 14.5 Å². The fourth-order valence-electron chi connectivity index (χ4n) is 5.06. The van der Waals surface area contributed by atoms with E-state index in [1.807, 2.05) is 0 Å². The number of carbonyl (C=O) groups excluding carboxylic acids is 2. The molecule has 2 heterocycles. The number of nitrogens with one attached hydrogen (secondary N) is 2. The third kappa shape index (κ3) is 5.88. The monoisotopic (exact) mass is 480 g/mol. The smallest absolute Gasteiger partial charge is 0.313 e. The van der Waals surface area contributed by atoms with Crippen LogP contribution in [0.4, 0.5) is 11.4 Å². The summed E-state index contributed by atoms with van der Waals surface area (Å²) < 4.78 is 10.5. The maximum absolute atomic E-state index is 12.8. The van der Waals surface area contributed by atoms with Gasteiger partial charge in [-0.1, -0.05) is 18.6 Å². The number of hydrogen-bond donors (Lipinski definition) is 2. The second-order valence-corrected chi connectivity index (χ2v) is 9.26. The molecule has 2 amide bonds. The van der Waals surface area contributed by atoms with Crippen molar-refractivity contribution in [2.45, 2.75) is 38.1 Å². The van der Waals surface area contributed by atoms with Gasteiger partial charge in [0.25, 0.3) is 0 Å². The molecule has 8 nitrogen and oxygen atoms in total. The van der Waals surface area contributed by atoms with Crippen molar-refractivity contribution in [3.05, 3.63) is 47.5 Å². The molecule has 0 aromatic heterocycles. The molecular formula is C27H36N4O4. The number of fused-ring (bicyclic) bond motifs is 1. The number of methoxy groups -OCH3 is 2. The zero-order valence-electron chi connectivity index (χ0n) is 20.9. The molecule has 1 fully saturated rings. The summed E-state index contributed by atoms with van der Waals surface area (Å²) in [4.78, 5) is 30.2. The number of amides is 2. The van der Waals surface area contributed by atoms with E-state index in [-0.39, 0.29) is 6.04 Å². The fourth-order valence-corrected chi connectivity index (χ4v) is 5.06. The second kappa shape index (κ2) is 11.4. The normalized spacial score (nSPS) is 16.7. The van der Waals surface area contributed by atoms with E-state index in [1.54, 1.807) is 25.3 Å². The fraction of sp³-hybridized carbons (Fsp3) is 0.481. The number of carbonyl (C=O) groups is 2. The minimum Gasteiger partial charge on any atom is -0.497 e. The predicted molar refractivity (Wildman–Crippen MR) is 137 cm³/mol. The Kier molecular flexibility index (Phi) is 8.13. The van der Waals surface area contributed by atoms with Crippen LogP contribution in [0.1, 0.15) is 42.9 Å². The molecule has 1 saturated heterocycles. The summed E-state index contributed by atoms with van der Waals surface area (Å²) in [5.41, 5.74) is 4.22. The van der Waals surface area contributed by atoms with Gasteiger partial charge in [0.15, 0.2) is 0 Å². The van der Waals surface area contributed by atoms with E-state index >= 15 is 0 Å². The lowest BCUT2D eigenvalue weighted by atomic mass is 9.95. The van der Waals surface area contributed by atoms with Crippen LogP contribution in [-0.4, -0.2) is 64.2 Å². The van der Waals surface area contributed by atoms with Crippen LogP contribution in [0, 0.1) is 0 Å². The van der Waals surface area contributed by atoms with Crippen molar-refractivity contribution >= 4 is 23.2 Å². The molecule has 1 unspecified atom stereocenters. The zero-order chi connectivity index (χ0) is 24.8. The SMILES string of the molecule is COc1ccc(OC)c(NC(=O)C(=O)NCC(c2ccc3c(c2)CCCN3C)N2CCCCC2)c1. The van der Waals surface area contributed by atoms with E-state index in [4.69, 9.17) is 9.47 Å². The zero-order valence-corrected chi connectivity index (χ0v) is 20.9. The molecule has 1 atom stereocenters. The summed E-state index contributed by atoms with van der Waals surface area (Å²) >= 11 is 0. The maximum Gasteiger partial charge on any atom is 0.313 e. The van der Waals surface area contributed by atoms with Crippen molar-refractivity contribution in [2.75, 3.05) is 57.7 Å². The highest BCUT2D eigenvalue weighted by molar-refractivity contribution is 6.39. The summed E-state index contributed by atoms with van der Waals surface area (Å²) in [6, 6.07) is 11.7. The van der Waals surface area contributed by atoms with Crippen molar-refractivity contribution in [2.24, 2.45) is 0 Å². The molecule has 0 saturated carbocycles. The first-order valence-electron chi connectivity index (χ1n) is 12.4. The van der Waals surface area contributed by atoms with Crippen LogP contribution in [0.3, 0.4) is 0 Å². The third-order valence-electron chi connectivity index (χ3n) is 6.99. The van der Waals surface area contributed by atoms with Gasteiger partial charge in [-0.2, -0.15) is 0 Å². The Morgan fingerprint density at radius 2 is 1.74 bits per heavy atom. The summed E-state index contributed by atoms with van der Waals surface area (Å²) in [6.45, 7) is 3.43. The van der Waals surface area contributed by atoms with Crippen molar-refractivity contribution < 1.29 is 19.1 Å². The largest absolute Gasteiger partial charge is 0.497 e.